The molecule has 1 fully saturated rings. The fourth-order valence-corrected chi connectivity index (χ4v) is 2.79. The molecule has 0 radical (unpaired) electrons. The highest BCUT2D eigenvalue weighted by Crippen LogP contribution is 2.15. The van der Waals surface area contributed by atoms with Crippen LogP contribution in [0.25, 0.3) is 5.69 Å². The van der Waals surface area contributed by atoms with Gasteiger partial charge in [0.25, 0.3) is 5.91 Å². The van der Waals surface area contributed by atoms with Gasteiger partial charge >= 0.3 is 0 Å². The van der Waals surface area contributed by atoms with Crippen LogP contribution in [-0.2, 0) is 0 Å². The SMILES string of the molecule is COc1ccc(-n2ccc(C(=O)NC3CCNCC3C)n2)cc1. The highest BCUT2D eigenvalue weighted by molar-refractivity contribution is 5.92. The van der Waals surface area contributed by atoms with Gasteiger partial charge in [0, 0.05) is 12.2 Å². The first kappa shape index (κ1) is 15.6. The van der Waals surface area contributed by atoms with Crippen LogP contribution in [0.15, 0.2) is 36.5 Å². The van der Waals surface area contributed by atoms with Crippen molar-refractivity contribution in [2.75, 3.05) is 20.2 Å². The van der Waals surface area contributed by atoms with Gasteiger partial charge in [-0.1, -0.05) is 6.92 Å². The van der Waals surface area contributed by atoms with Crippen LogP contribution in [0.5, 0.6) is 5.75 Å². The lowest BCUT2D eigenvalue weighted by Crippen LogP contribution is -2.48. The number of methoxy groups -OCH3 is 1. The Bertz CT molecular complexity index is 665. The Balaban J connectivity index is 1.69. The Hall–Kier alpha value is -2.34. The average Bonchev–Trinajstić information content (AvgIpc) is 3.07. The molecule has 1 amide bonds. The van der Waals surface area contributed by atoms with Gasteiger partial charge in [-0.3, -0.25) is 4.79 Å². The third-order valence-corrected chi connectivity index (χ3v) is 4.26. The van der Waals surface area contributed by atoms with E-state index in [2.05, 4.69) is 22.7 Å². The first-order valence-electron chi connectivity index (χ1n) is 7.89. The Labute approximate surface area is 135 Å². The maximum Gasteiger partial charge on any atom is 0.272 e. The lowest BCUT2D eigenvalue weighted by molar-refractivity contribution is 0.0908. The summed E-state index contributed by atoms with van der Waals surface area (Å²) in [5.74, 6) is 1.10. The molecule has 1 aliphatic rings. The van der Waals surface area contributed by atoms with Gasteiger partial charge < -0.3 is 15.4 Å². The van der Waals surface area contributed by atoms with Crippen LogP contribution in [0.3, 0.4) is 0 Å². The molecule has 2 heterocycles. The molecule has 122 valence electrons. The average molecular weight is 314 g/mol. The van der Waals surface area contributed by atoms with Crippen molar-refractivity contribution in [3.8, 4) is 11.4 Å². The number of rotatable bonds is 4. The third kappa shape index (κ3) is 3.53. The molecule has 2 unspecified atom stereocenters. The van der Waals surface area contributed by atoms with Crippen molar-refractivity contribution in [3.63, 3.8) is 0 Å². The van der Waals surface area contributed by atoms with Crippen molar-refractivity contribution in [1.29, 1.82) is 0 Å². The van der Waals surface area contributed by atoms with Gasteiger partial charge in [0.05, 0.1) is 12.8 Å². The molecule has 3 rings (SSSR count). The minimum absolute atomic E-state index is 0.115. The molecular weight excluding hydrogens is 292 g/mol. The summed E-state index contributed by atoms with van der Waals surface area (Å²) in [6.07, 6.45) is 2.74. The van der Waals surface area contributed by atoms with Gasteiger partial charge in [-0.05, 0) is 55.8 Å². The second-order valence-electron chi connectivity index (χ2n) is 5.89. The molecule has 1 aromatic carbocycles. The second-order valence-corrected chi connectivity index (χ2v) is 5.89. The number of amides is 1. The van der Waals surface area contributed by atoms with Crippen LogP contribution in [0.2, 0.25) is 0 Å². The third-order valence-electron chi connectivity index (χ3n) is 4.26. The highest BCUT2D eigenvalue weighted by atomic mass is 16.5. The van der Waals surface area contributed by atoms with Crippen molar-refractivity contribution >= 4 is 5.91 Å². The van der Waals surface area contributed by atoms with Crippen molar-refractivity contribution < 1.29 is 9.53 Å². The molecule has 2 aromatic rings. The van der Waals surface area contributed by atoms with Crippen LogP contribution in [0.1, 0.15) is 23.8 Å². The molecule has 2 N–H and O–H groups in total. The zero-order valence-electron chi connectivity index (χ0n) is 13.5. The van der Waals surface area contributed by atoms with E-state index in [0.717, 1.165) is 30.9 Å². The molecule has 6 heteroatoms. The van der Waals surface area contributed by atoms with Gasteiger partial charge in [-0.25, -0.2) is 4.68 Å². The highest BCUT2D eigenvalue weighted by Gasteiger charge is 2.23. The van der Waals surface area contributed by atoms with Crippen LogP contribution < -0.4 is 15.4 Å². The minimum atomic E-state index is -0.115. The number of carbonyl (C=O) groups is 1. The van der Waals surface area contributed by atoms with Crippen LogP contribution in [-0.4, -0.2) is 41.9 Å². The fourth-order valence-electron chi connectivity index (χ4n) is 2.79. The summed E-state index contributed by atoms with van der Waals surface area (Å²) in [5.41, 5.74) is 1.33. The molecule has 23 heavy (non-hydrogen) atoms. The molecular formula is C17H22N4O2. The number of piperidine rings is 1. The first-order valence-corrected chi connectivity index (χ1v) is 7.89. The van der Waals surface area contributed by atoms with E-state index in [1.165, 1.54) is 0 Å². The van der Waals surface area contributed by atoms with Gasteiger partial charge in [-0.15, -0.1) is 0 Å². The number of nitrogens with one attached hydrogen (secondary N) is 2. The Kier molecular flexibility index (Phi) is 4.62. The standard InChI is InChI=1S/C17H22N4O2/c1-12-11-18-9-7-15(12)19-17(22)16-8-10-21(20-16)13-3-5-14(23-2)6-4-13/h3-6,8,10,12,15,18H,7,9,11H2,1-2H3,(H,19,22). The summed E-state index contributed by atoms with van der Waals surface area (Å²) >= 11 is 0. The molecule has 0 saturated carbocycles. The molecule has 0 aliphatic carbocycles. The van der Waals surface area contributed by atoms with Crippen LogP contribution >= 0.6 is 0 Å². The van der Waals surface area contributed by atoms with Gasteiger partial charge in [0.1, 0.15) is 5.75 Å². The number of nitrogens with zero attached hydrogens (tertiary/aromatic N) is 2. The Morgan fingerprint density at radius 1 is 1.35 bits per heavy atom. The van der Waals surface area contributed by atoms with E-state index in [1.54, 1.807) is 24.1 Å². The number of aromatic nitrogens is 2. The maximum absolute atomic E-state index is 12.4. The molecule has 1 aliphatic heterocycles. The summed E-state index contributed by atoms with van der Waals surface area (Å²) < 4.78 is 6.84. The quantitative estimate of drug-likeness (QED) is 0.900. The van der Waals surface area contributed by atoms with Crippen LogP contribution in [0.4, 0.5) is 0 Å². The first-order chi connectivity index (χ1) is 11.2. The normalized spacial score (nSPS) is 21.0. The van der Waals surface area contributed by atoms with E-state index in [-0.39, 0.29) is 11.9 Å². The van der Waals surface area contributed by atoms with Gasteiger partial charge in [-0.2, -0.15) is 5.10 Å². The maximum atomic E-state index is 12.4. The number of hydrogen-bond donors (Lipinski definition) is 2. The molecule has 0 bridgehead atoms. The molecule has 2 atom stereocenters. The zero-order valence-corrected chi connectivity index (χ0v) is 13.5. The van der Waals surface area contributed by atoms with Crippen LogP contribution in [0, 0.1) is 5.92 Å². The fraction of sp³-hybridized carbons (Fsp3) is 0.412. The van der Waals surface area contributed by atoms with Crippen molar-refractivity contribution in [1.82, 2.24) is 20.4 Å². The molecule has 1 aromatic heterocycles. The van der Waals surface area contributed by atoms with E-state index in [0.29, 0.717) is 11.6 Å². The van der Waals surface area contributed by atoms with E-state index < -0.39 is 0 Å². The number of carbonyl (C=O) groups excluding carboxylic acids is 1. The summed E-state index contributed by atoms with van der Waals surface area (Å²) in [7, 11) is 1.63. The number of hydrogen-bond acceptors (Lipinski definition) is 4. The monoisotopic (exact) mass is 314 g/mol. The zero-order chi connectivity index (χ0) is 16.2. The largest absolute Gasteiger partial charge is 0.497 e. The lowest BCUT2D eigenvalue weighted by Gasteiger charge is -2.29. The summed E-state index contributed by atoms with van der Waals surface area (Å²) in [6, 6.07) is 9.49. The van der Waals surface area contributed by atoms with Crippen molar-refractivity contribution in [2.24, 2.45) is 5.92 Å². The number of ether oxygens (including phenoxy) is 1. The van der Waals surface area contributed by atoms with E-state index in [4.69, 9.17) is 4.74 Å². The van der Waals surface area contributed by atoms with Gasteiger partial charge in [0.2, 0.25) is 0 Å². The Morgan fingerprint density at radius 2 is 2.13 bits per heavy atom. The van der Waals surface area contributed by atoms with E-state index >= 15 is 0 Å². The van der Waals surface area contributed by atoms with Gasteiger partial charge in [0.15, 0.2) is 5.69 Å². The predicted molar refractivity (Wildman–Crippen MR) is 88.0 cm³/mol. The topological polar surface area (TPSA) is 68.2 Å². The predicted octanol–water partition coefficient (Wildman–Crippen LogP) is 1.61. The molecule has 6 nitrogen and oxygen atoms in total. The summed E-state index contributed by atoms with van der Waals surface area (Å²) in [4.78, 5) is 12.4. The summed E-state index contributed by atoms with van der Waals surface area (Å²) in [6.45, 7) is 4.02. The van der Waals surface area contributed by atoms with E-state index in [1.807, 2.05) is 24.3 Å². The summed E-state index contributed by atoms with van der Waals surface area (Å²) in [5, 5.41) is 10.8. The smallest absolute Gasteiger partial charge is 0.272 e. The lowest BCUT2D eigenvalue weighted by atomic mass is 9.95. The molecule has 0 spiro atoms. The Morgan fingerprint density at radius 3 is 2.83 bits per heavy atom. The minimum Gasteiger partial charge on any atom is -0.497 e. The van der Waals surface area contributed by atoms with Crippen molar-refractivity contribution in [2.45, 2.75) is 19.4 Å². The van der Waals surface area contributed by atoms with E-state index in [9.17, 15) is 4.79 Å². The van der Waals surface area contributed by atoms with Crippen molar-refractivity contribution in [3.05, 3.63) is 42.2 Å². The molecule has 1 saturated heterocycles. The second kappa shape index (κ2) is 6.83. The number of benzene rings is 1.